The van der Waals surface area contributed by atoms with Crippen LogP contribution in [0, 0.1) is 6.92 Å². The standard InChI is InChI=1S/C15H26N2O/c1-6-16-9-14-8-15(18-13(14)5)11-17(7-2)10-12(3)4/h8,16H,3,6-7,9-11H2,1-2,4-5H3. The Labute approximate surface area is 111 Å². The molecule has 1 rings (SSSR count). The van der Waals surface area contributed by atoms with Gasteiger partial charge >= 0.3 is 0 Å². The van der Waals surface area contributed by atoms with E-state index in [1.165, 1.54) is 11.1 Å². The third kappa shape index (κ3) is 4.67. The van der Waals surface area contributed by atoms with Crippen LogP contribution in [-0.2, 0) is 13.1 Å². The van der Waals surface area contributed by atoms with Crippen molar-refractivity contribution in [2.75, 3.05) is 19.6 Å². The molecule has 0 saturated heterocycles. The van der Waals surface area contributed by atoms with E-state index < -0.39 is 0 Å². The molecule has 0 aliphatic carbocycles. The predicted molar refractivity (Wildman–Crippen MR) is 76.6 cm³/mol. The second kappa shape index (κ2) is 7.39. The van der Waals surface area contributed by atoms with E-state index in [9.17, 15) is 0 Å². The van der Waals surface area contributed by atoms with Gasteiger partial charge in [0.1, 0.15) is 11.5 Å². The van der Waals surface area contributed by atoms with E-state index >= 15 is 0 Å². The van der Waals surface area contributed by atoms with Gasteiger partial charge in [0.05, 0.1) is 6.54 Å². The van der Waals surface area contributed by atoms with Crippen molar-refractivity contribution >= 4 is 0 Å². The van der Waals surface area contributed by atoms with Gasteiger partial charge in [-0.15, -0.1) is 0 Å². The summed E-state index contributed by atoms with van der Waals surface area (Å²) in [6.45, 7) is 17.0. The molecule has 0 saturated carbocycles. The SMILES string of the molecule is C=C(C)CN(CC)Cc1cc(CNCC)c(C)o1. The first-order valence-corrected chi connectivity index (χ1v) is 6.72. The lowest BCUT2D eigenvalue weighted by Gasteiger charge is -2.18. The molecule has 1 aromatic rings. The number of furan rings is 1. The van der Waals surface area contributed by atoms with Crippen LogP contribution >= 0.6 is 0 Å². The van der Waals surface area contributed by atoms with Crippen molar-refractivity contribution in [3.8, 4) is 0 Å². The highest BCUT2D eigenvalue weighted by atomic mass is 16.3. The van der Waals surface area contributed by atoms with E-state index in [2.05, 4.69) is 43.6 Å². The van der Waals surface area contributed by atoms with Crippen molar-refractivity contribution in [2.45, 2.75) is 40.8 Å². The van der Waals surface area contributed by atoms with Crippen molar-refractivity contribution in [3.05, 3.63) is 35.3 Å². The largest absolute Gasteiger partial charge is 0.465 e. The topological polar surface area (TPSA) is 28.4 Å². The molecule has 1 heterocycles. The molecule has 0 amide bonds. The molecule has 18 heavy (non-hydrogen) atoms. The molecule has 3 heteroatoms. The summed E-state index contributed by atoms with van der Waals surface area (Å²) in [5.74, 6) is 2.07. The summed E-state index contributed by atoms with van der Waals surface area (Å²) in [6.07, 6.45) is 0. The van der Waals surface area contributed by atoms with E-state index in [0.29, 0.717) is 0 Å². The Hall–Kier alpha value is -1.06. The third-order valence-electron chi connectivity index (χ3n) is 2.96. The minimum atomic E-state index is 0.857. The third-order valence-corrected chi connectivity index (χ3v) is 2.96. The number of aryl methyl sites for hydroxylation is 1. The maximum absolute atomic E-state index is 5.81. The molecular formula is C15H26N2O. The van der Waals surface area contributed by atoms with Gasteiger partial charge in [0.15, 0.2) is 0 Å². The van der Waals surface area contributed by atoms with Crippen LogP contribution in [0.2, 0.25) is 0 Å². The van der Waals surface area contributed by atoms with Crippen molar-refractivity contribution in [3.63, 3.8) is 0 Å². The highest BCUT2D eigenvalue weighted by Crippen LogP contribution is 2.16. The molecule has 0 aliphatic rings. The summed E-state index contributed by atoms with van der Waals surface area (Å²) in [5.41, 5.74) is 2.45. The lowest BCUT2D eigenvalue weighted by atomic mass is 10.2. The number of hydrogen-bond donors (Lipinski definition) is 1. The van der Waals surface area contributed by atoms with Crippen LogP contribution < -0.4 is 5.32 Å². The van der Waals surface area contributed by atoms with Gasteiger partial charge in [-0.05, 0) is 33.0 Å². The summed E-state index contributed by atoms with van der Waals surface area (Å²) < 4.78 is 5.81. The molecule has 3 nitrogen and oxygen atoms in total. The number of nitrogens with zero attached hydrogens (tertiary/aromatic N) is 1. The number of hydrogen-bond acceptors (Lipinski definition) is 3. The van der Waals surface area contributed by atoms with Crippen LogP contribution in [0.5, 0.6) is 0 Å². The zero-order chi connectivity index (χ0) is 13.5. The first kappa shape index (κ1) is 15.0. The van der Waals surface area contributed by atoms with Crippen molar-refractivity contribution in [1.29, 1.82) is 0 Å². The van der Waals surface area contributed by atoms with E-state index in [-0.39, 0.29) is 0 Å². The molecule has 0 unspecified atom stereocenters. The first-order chi connectivity index (χ1) is 8.56. The predicted octanol–water partition coefficient (Wildman–Crippen LogP) is 3.10. The van der Waals surface area contributed by atoms with E-state index in [0.717, 1.165) is 44.2 Å². The Kier molecular flexibility index (Phi) is 6.16. The lowest BCUT2D eigenvalue weighted by Crippen LogP contribution is -2.24. The van der Waals surface area contributed by atoms with Crippen LogP contribution in [0.4, 0.5) is 0 Å². The maximum atomic E-state index is 5.81. The van der Waals surface area contributed by atoms with Crippen LogP contribution in [0.25, 0.3) is 0 Å². The number of nitrogens with one attached hydrogen (secondary N) is 1. The number of likely N-dealkylation sites (N-methyl/N-ethyl adjacent to an activating group) is 1. The molecule has 0 bridgehead atoms. The van der Waals surface area contributed by atoms with Gasteiger partial charge in [0.25, 0.3) is 0 Å². The maximum Gasteiger partial charge on any atom is 0.118 e. The normalized spacial score (nSPS) is 11.2. The zero-order valence-electron chi connectivity index (χ0n) is 12.2. The van der Waals surface area contributed by atoms with Gasteiger partial charge < -0.3 is 9.73 Å². The molecule has 0 radical (unpaired) electrons. The lowest BCUT2D eigenvalue weighted by molar-refractivity contribution is 0.274. The van der Waals surface area contributed by atoms with Crippen molar-refractivity contribution in [2.24, 2.45) is 0 Å². The van der Waals surface area contributed by atoms with E-state index in [4.69, 9.17) is 4.42 Å². The van der Waals surface area contributed by atoms with Gasteiger partial charge in [-0.25, -0.2) is 0 Å². The Morgan fingerprint density at radius 3 is 2.72 bits per heavy atom. The fourth-order valence-corrected chi connectivity index (χ4v) is 1.98. The molecule has 1 N–H and O–H groups in total. The second-order valence-corrected chi connectivity index (χ2v) is 4.83. The summed E-state index contributed by atoms with van der Waals surface area (Å²) in [5, 5.41) is 3.33. The molecule has 102 valence electrons. The molecule has 0 aliphatic heterocycles. The van der Waals surface area contributed by atoms with Crippen molar-refractivity contribution in [1.82, 2.24) is 10.2 Å². The Balaban J connectivity index is 2.63. The van der Waals surface area contributed by atoms with E-state index in [1.807, 2.05) is 6.92 Å². The minimum absolute atomic E-state index is 0.857. The van der Waals surface area contributed by atoms with E-state index in [1.54, 1.807) is 0 Å². The smallest absolute Gasteiger partial charge is 0.118 e. The summed E-state index contributed by atoms with van der Waals surface area (Å²) >= 11 is 0. The van der Waals surface area contributed by atoms with Crippen LogP contribution in [0.1, 0.15) is 37.9 Å². The Bertz CT molecular complexity index is 382. The van der Waals surface area contributed by atoms with Crippen molar-refractivity contribution < 1.29 is 4.42 Å². The molecule has 1 aromatic heterocycles. The number of rotatable bonds is 8. The molecule has 0 fully saturated rings. The Morgan fingerprint density at radius 2 is 2.17 bits per heavy atom. The van der Waals surface area contributed by atoms with Gasteiger partial charge in [-0.3, -0.25) is 4.90 Å². The fourth-order valence-electron chi connectivity index (χ4n) is 1.98. The quantitative estimate of drug-likeness (QED) is 0.719. The average molecular weight is 250 g/mol. The average Bonchev–Trinajstić information content (AvgIpc) is 2.65. The van der Waals surface area contributed by atoms with Gasteiger partial charge in [-0.2, -0.15) is 0 Å². The zero-order valence-corrected chi connectivity index (χ0v) is 12.2. The highest BCUT2D eigenvalue weighted by Gasteiger charge is 2.10. The second-order valence-electron chi connectivity index (χ2n) is 4.83. The molecule has 0 aromatic carbocycles. The Morgan fingerprint density at radius 1 is 1.44 bits per heavy atom. The summed E-state index contributed by atoms with van der Waals surface area (Å²) in [4.78, 5) is 2.33. The fraction of sp³-hybridized carbons (Fsp3) is 0.600. The monoisotopic (exact) mass is 250 g/mol. The highest BCUT2D eigenvalue weighted by molar-refractivity contribution is 5.20. The van der Waals surface area contributed by atoms with Crippen LogP contribution in [-0.4, -0.2) is 24.5 Å². The summed E-state index contributed by atoms with van der Waals surface area (Å²) in [7, 11) is 0. The molecular weight excluding hydrogens is 224 g/mol. The summed E-state index contributed by atoms with van der Waals surface area (Å²) in [6, 6.07) is 2.17. The van der Waals surface area contributed by atoms with Crippen LogP contribution in [0.3, 0.4) is 0 Å². The van der Waals surface area contributed by atoms with Gasteiger partial charge in [-0.1, -0.05) is 26.0 Å². The first-order valence-electron chi connectivity index (χ1n) is 6.72. The van der Waals surface area contributed by atoms with Crippen LogP contribution in [0.15, 0.2) is 22.6 Å². The molecule has 0 atom stereocenters. The van der Waals surface area contributed by atoms with Gasteiger partial charge in [0.2, 0.25) is 0 Å². The van der Waals surface area contributed by atoms with Gasteiger partial charge in [0, 0.05) is 18.7 Å². The minimum Gasteiger partial charge on any atom is -0.465 e. The molecule has 0 spiro atoms.